The van der Waals surface area contributed by atoms with Gasteiger partial charge in [-0.3, -0.25) is 0 Å². The Morgan fingerprint density at radius 3 is 2.91 bits per heavy atom. The minimum atomic E-state index is 0.629. The summed E-state index contributed by atoms with van der Waals surface area (Å²) >= 11 is 0. The lowest BCUT2D eigenvalue weighted by Crippen LogP contribution is -2.45. The van der Waals surface area contributed by atoms with Crippen LogP contribution in [0.25, 0.3) is 10.9 Å². The fourth-order valence-electron chi connectivity index (χ4n) is 4.76. The molecule has 1 unspecified atom stereocenters. The van der Waals surface area contributed by atoms with Gasteiger partial charge in [-0.2, -0.15) is 0 Å². The molecule has 3 heterocycles. The van der Waals surface area contributed by atoms with Gasteiger partial charge in [-0.05, 0) is 37.4 Å². The predicted octanol–water partition coefficient (Wildman–Crippen LogP) is 1.97. The summed E-state index contributed by atoms with van der Waals surface area (Å²) in [4.78, 5) is 6.29. The average Bonchev–Trinajstić information content (AvgIpc) is 2.96. The summed E-state index contributed by atoms with van der Waals surface area (Å²) in [6.45, 7) is 5.57. The molecule has 0 spiro atoms. The molecule has 2 saturated heterocycles. The van der Waals surface area contributed by atoms with Crippen molar-refractivity contribution in [3.05, 3.63) is 29.3 Å². The Balaban J connectivity index is 1.67. The van der Waals surface area contributed by atoms with Crippen LogP contribution in [0.15, 0.2) is 18.2 Å². The minimum absolute atomic E-state index is 0.629. The van der Waals surface area contributed by atoms with Crippen molar-refractivity contribution in [3.63, 3.8) is 0 Å². The predicted molar refractivity (Wildman–Crippen MR) is 90.9 cm³/mol. The van der Waals surface area contributed by atoms with Crippen LogP contribution in [0.2, 0.25) is 0 Å². The number of rotatable bonds is 1. The molecule has 0 saturated carbocycles. The molecule has 3 aliphatic rings. The summed E-state index contributed by atoms with van der Waals surface area (Å²) in [5.74, 6) is 2.09. The molecule has 0 amide bonds. The Morgan fingerprint density at radius 1 is 1.09 bits per heavy atom. The van der Waals surface area contributed by atoms with Crippen LogP contribution >= 0.6 is 0 Å². The number of aromatic amines is 1. The molecule has 116 valence electrons. The lowest BCUT2D eigenvalue weighted by Gasteiger charge is -2.38. The molecule has 2 aliphatic heterocycles. The van der Waals surface area contributed by atoms with Gasteiger partial charge in [0, 0.05) is 54.6 Å². The fraction of sp³-hybridized carbons (Fsp3) is 0.556. The van der Waals surface area contributed by atoms with Crippen LogP contribution in [0.3, 0.4) is 0 Å². The number of hydrogen-bond acceptors (Lipinski definition) is 3. The number of benzene rings is 1. The van der Waals surface area contributed by atoms with Crippen molar-refractivity contribution in [3.8, 4) is 0 Å². The van der Waals surface area contributed by atoms with E-state index in [2.05, 4.69) is 38.7 Å². The van der Waals surface area contributed by atoms with E-state index in [4.69, 9.17) is 0 Å². The first-order valence-electron chi connectivity index (χ1n) is 8.74. The third-order valence-electron chi connectivity index (χ3n) is 5.78. The zero-order chi connectivity index (χ0) is 14.5. The Kier molecular flexibility index (Phi) is 2.95. The molecule has 1 aromatic heterocycles. The molecular formula is C18H24N4. The average molecular weight is 296 g/mol. The first kappa shape index (κ1) is 13.0. The van der Waals surface area contributed by atoms with E-state index in [1.807, 2.05) is 0 Å². The standard InChI is InChI=1S/C18H24N4/c1-3-13-12-4-2-6-20-16(12)11-14-17(13)15(5-1)21-18(14)22-9-7-19-8-10-22/h1,3,5,12,16,19-21H,2,4,6-11H2/t12?,16-/m1/s1. The normalized spacial score (nSPS) is 27.9. The zero-order valence-electron chi connectivity index (χ0n) is 13.0. The highest BCUT2D eigenvalue weighted by atomic mass is 15.2. The van der Waals surface area contributed by atoms with E-state index in [9.17, 15) is 0 Å². The van der Waals surface area contributed by atoms with Gasteiger partial charge in [-0.25, -0.2) is 0 Å². The number of aromatic nitrogens is 1. The van der Waals surface area contributed by atoms with Gasteiger partial charge in [0.1, 0.15) is 5.82 Å². The number of anilines is 1. The first-order chi connectivity index (χ1) is 10.9. The molecule has 0 radical (unpaired) electrons. The van der Waals surface area contributed by atoms with E-state index >= 15 is 0 Å². The number of fused-ring (bicyclic) bond motifs is 2. The third-order valence-corrected chi connectivity index (χ3v) is 5.78. The van der Waals surface area contributed by atoms with Crippen LogP contribution in [-0.2, 0) is 6.42 Å². The second-order valence-electron chi connectivity index (χ2n) is 6.97. The number of piperazine rings is 1. The monoisotopic (exact) mass is 296 g/mol. The van der Waals surface area contributed by atoms with E-state index in [-0.39, 0.29) is 0 Å². The highest BCUT2D eigenvalue weighted by molar-refractivity contribution is 5.93. The Hall–Kier alpha value is -1.52. The highest BCUT2D eigenvalue weighted by Crippen LogP contribution is 2.44. The van der Waals surface area contributed by atoms with Crippen LogP contribution in [0, 0.1) is 0 Å². The summed E-state index contributed by atoms with van der Waals surface area (Å²) in [5, 5.41) is 8.77. The van der Waals surface area contributed by atoms with Gasteiger partial charge in [0.15, 0.2) is 0 Å². The van der Waals surface area contributed by atoms with Crippen molar-refractivity contribution in [1.29, 1.82) is 0 Å². The van der Waals surface area contributed by atoms with Crippen molar-refractivity contribution in [2.45, 2.75) is 31.2 Å². The van der Waals surface area contributed by atoms with Crippen molar-refractivity contribution < 1.29 is 0 Å². The zero-order valence-corrected chi connectivity index (χ0v) is 13.0. The molecule has 4 heteroatoms. The summed E-state index contributed by atoms with van der Waals surface area (Å²) < 4.78 is 0. The molecule has 0 bridgehead atoms. The highest BCUT2D eigenvalue weighted by Gasteiger charge is 2.35. The quantitative estimate of drug-likeness (QED) is 0.754. The number of nitrogens with zero attached hydrogens (tertiary/aromatic N) is 1. The van der Waals surface area contributed by atoms with Gasteiger partial charge < -0.3 is 20.5 Å². The minimum Gasteiger partial charge on any atom is -0.355 e. The maximum absolute atomic E-state index is 3.78. The number of piperidine rings is 1. The van der Waals surface area contributed by atoms with Gasteiger partial charge in [0.25, 0.3) is 0 Å². The maximum Gasteiger partial charge on any atom is 0.110 e. The van der Waals surface area contributed by atoms with E-state index < -0.39 is 0 Å². The second kappa shape index (κ2) is 5.00. The van der Waals surface area contributed by atoms with E-state index in [0.29, 0.717) is 12.0 Å². The Morgan fingerprint density at radius 2 is 2.00 bits per heavy atom. The lowest BCUT2D eigenvalue weighted by atomic mass is 9.76. The number of H-pyrrole nitrogens is 1. The van der Waals surface area contributed by atoms with E-state index in [1.54, 1.807) is 11.1 Å². The van der Waals surface area contributed by atoms with Crippen LogP contribution in [0.4, 0.5) is 5.82 Å². The van der Waals surface area contributed by atoms with Gasteiger partial charge in [0.05, 0.1) is 0 Å². The summed E-state index contributed by atoms with van der Waals surface area (Å²) in [6, 6.07) is 7.48. The van der Waals surface area contributed by atoms with Crippen LogP contribution in [0.1, 0.15) is 29.9 Å². The lowest BCUT2D eigenvalue weighted by molar-refractivity contribution is 0.345. The topological polar surface area (TPSA) is 43.1 Å². The van der Waals surface area contributed by atoms with Crippen LogP contribution < -0.4 is 15.5 Å². The van der Waals surface area contributed by atoms with E-state index in [1.165, 1.54) is 42.5 Å². The maximum atomic E-state index is 3.78. The SMILES string of the molecule is c1cc2c3c(c(N4CCNCC4)[nH]c3c1)C[C@H]1NCCCC21. The fourth-order valence-corrected chi connectivity index (χ4v) is 4.76. The molecule has 2 aromatic rings. The van der Waals surface area contributed by atoms with Gasteiger partial charge in [0.2, 0.25) is 0 Å². The molecular weight excluding hydrogens is 272 g/mol. The molecule has 3 N–H and O–H groups in total. The van der Waals surface area contributed by atoms with Gasteiger partial charge in [-0.1, -0.05) is 12.1 Å². The third kappa shape index (κ3) is 1.83. The van der Waals surface area contributed by atoms with Crippen molar-refractivity contribution in [1.82, 2.24) is 15.6 Å². The molecule has 5 rings (SSSR count). The molecule has 22 heavy (non-hydrogen) atoms. The molecule has 1 aliphatic carbocycles. The largest absolute Gasteiger partial charge is 0.355 e. The first-order valence-corrected chi connectivity index (χ1v) is 8.74. The molecule has 2 fully saturated rings. The van der Waals surface area contributed by atoms with Crippen molar-refractivity contribution >= 4 is 16.7 Å². The van der Waals surface area contributed by atoms with Crippen LogP contribution in [-0.4, -0.2) is 43.7 Å². The van der Waals surface area contributed by atoms with E-state index in [0.717, 1.165) is 26.2 Å². The Labute approximate surface area is 131 Å². The summed E-state index contributed by atoms with van der Waals surface area (Å²) in [6.07, 6.45) is 3.83. The van der Waals surface area contributed by atoms with Crippen molar-refractivity contribution in [2.75, 3.05) is 37.6 Å². The van der Waals surface area contributed by atoms with Gasteiger partial charge in [-0.15, -0.1) is 0 Å². The number of hydrogen-bond donors (Lipinski definition) is 3. The molecule has 4 nitrogen and oxygen atoms in total. The van der Waals surface area contributed by atoms with Crippen molar-refractivity contribution in [2.24, 2.45) is 0 Å². The van der Waals surface area contributed by atoms with Gasteiger partial charge >= 0.3 is 0 Å². The number of nitrogens with one attached hydrogen (secondary N) is 3. The Bertz CT molecular complexity index is 698. The molecule has 1 aromatic carbocycles. The van der Waals surface area contributed by atoms with Crippen LogP contribution in [0.5, 0.6) is 0 Å². The summed E-state index contributed by atoms with van der Waals surface area (Å²) in [5.41, 5.74) is 4.47. The smallest absolute Gasteiger partial charge is 0.110 e. The molecule has 2 atom stereocenters. The summed E-state index contributed by atoms with van der Waals surface area (Å²) in [7, 11) is 0. The second-order valence-corrected chi connectivity index (χ2v) is 6.97.